The third-order valence-corrected chi connectivity index (χ3v) is 3.59. The molecule has 0 amide bonds. The SMILES string of the molecule is CC(=CCl)COCC1CCCCC1CN. The van der Waals surface area contributed by atoms with E-state index in [0.717, 1.165) is 18.7 Å². The van der Waals surface area contributed by atoms with Crippen LogP contribution in [0.5, 0.6) is 0 Å². The van der Waals surface area contributed by atoms with Crippen LogP contribution < -0.4 is 5.73 Å². The Bertz CT molecular complexity index is 206. The summed E-state index contributed by atoms with van der Waals surface area (Å²) in [5.41, 5.74) is 8.43. The Morgan fingerprint density at radius 3 is 2.67 bits per heavy atom. The van der Waals surface area contributed by atoms with Gasteiger partial charge in [0.05, 0.1) is 13.2 Å². The van der Waals surface area contributed by atoms with Gasteiger partial charge in [-0.2, -0.15) is 0 Å². The van der Waals surface area contributed by atoms with Gasteiger partial charge in [0.15, 0.2) is 0 Å². The highest BCUT2D eigenvalue weighted by atomic mass is 35.5. The molecule has 0 aliphatic heterocycles. The van der Waals surface area contributed by atoms with Crippen molar-refractivity contribution >= 4 is 11.6 Å². The van der Waals surface area contributed by atoms with E-state index in [1.165, 1.54) is 25.7 Å². The van der Waals surface area contributed by atoms with Gasteiger partial charge in [0, 0.05) is 5.54 Å². The van der Waals surface area contributed by atoms with E-state index in [1.54, 1.807) is 5.54 Å². The van der Waals surface area contributed by atoms with Gasteiger partial charge >= 0.3 is 0 Å². The molecule has 0 heterocycles. The zero-order chi connectivity index (χ0) is 11.1. The zero-order valence-electron chi connectivity index (χ0n) is 9.55. The number of hydrogen-bond donors (Lipinski definition) is 1. The molecule has 0 aromatic rings. The predicted octanol–water partition coefficient (Wildman–Crippen LogP) is 2.91. The first-order valence-corrected chi connectivity index (χ1v) is 6.25. The fourth-order valence-corrected chi connectivity index (χ4v) is 2.28. The second-order valence-electron chi connectivity index (χ2n) is 4.51. The van der Waals surface area contributed by atoms with Gasteiger partial charge in [0.1, 0.15) is 0 Å². The average molecular weight is 232 g/mol. The van der Waals surface area contributed by atoms with Crippen molar-refractivity contribution < 1.29 is 4.74 Å². The van der Waals surface area contributed by atoms with Crippen molar-refractivity contribution in [2.45, 2.75) is 32.6 Å². The third kappa shape index (κ3) is 4.54. The van der Waals surface area contributed by atoms with Gasteiger partial charge in [-0.15, -0.1) is 0 Å². The van der Waals surface area contributed by atoms with Crippen molar-refractivity contribution in [1.82, 2.24) is 0 Å². The van der Waals surface area contributed by atoms with Crippen LogP contribution in [-0.2, 0) is 4.74 Å². The molecule has 1 aliphatic rings. The fourth-order valence-electron chi connectivity index (χ4n) is 2.22. The Balaban J connectivity index is 2.23. The molecule has 2 N–H and O–H groups in total. The maximum atomic E-state index is 5.76. The topological polar surface area (TPSA) is 35.2 Å². The maximum absolute atomic E-state index is 5.76. The first-order valence-electron chi connectivity index (χ1n) is 5.81. The second kappa shape index (κ2) is 7.26. The fraction of sp³-hybridized carbons (Fsp3) is 0.833. The largest absolute Gasteiger partial charge is 0.377 e. The summed E-state index contributed by atoms with van der Waals surface area (Å²) in [5, 5.41) is 0. The van der Waals surface area contributed by atoms with Crippen LogP contribution in [0.4, 0.5) is 0 Å². The summed E-state index contributed by atoms with van der Waals surface area (Å²) in [6.45, 7) is 4.27. The van der Waals surface area contributed by atoms with E-state index in [1.807, 2.05) is 6.92 Å². The number of ether oxygens (including phenoxy) is 1. The lowest BCUT2D eigenvalue weighted by molar-refractivity contribution is 0.0738. The summed E-state index contributed by atoms with van der Waals surface area (Å²) in [6.07, 6.45) is 5.20. The van der Waals surface area contributed by atoms with Crippen LogP contribution in [0.1, 0.15) is 32.6 Å². The number of rotatable bonds is 5. The highest BCUT2D eigenvalue weighted by molar-refractivity contribution is 6.25. The molecule has 0 saturated heterocycles. The van der Waals surface area contributed by atoms with Crippen LogP contribution in [0.15, 0.2) is 11.1 Å². The van der Waals surface area contributed by atoms with Gasteiger partial charge in [-0.3, -0.25) is 0 Å². The van der Waals surface area contributed by atoms with E-state index in [2.05, 4.69) is 0 Å². The standard InChI is InChI=1S/C12H22ClNO/c1-10(6-13)8-15-9-12-5-3-2-4-11(12)7-14/h6,11-12H,2-5,7-9,14H2,1H3. The van der Waals surface area contributed by atoms with Crippen molar-refractivity contribution in [3.8, 4) is 0 Å². The van der Waals surface area contributed by atoms with E-state index in [-0.39, 0.29) is 0 Å². The van der Waals surface area contributed by atoms with E-state index in [0.29, 0.717) is 18.4 Å². The van der Waals surface area contributed by atoms with Crippen molar-refractivity contribution in [2.75, 3.05) is 19.8 Å². The van der Waals surface area contributed by atoms with E-state index in [9.17, 15) is 0 Å². The molecular weight excluding hydrogens is 210 g/mol. The van der Waals surface area contributed by atoms with Crippen molar-refractivity contribution in [1.29, 1.82) is 0 Å². The van der Waals surface area contributed by atoms with Gasteiger partial charge in [-0.1, -0.05) is 24.4 Å². The molecule has 0 spiro atoms. The Morgan fingerprint density at radius 1 is 1.40 bits per heavy atom. The van der Waals surface area contributed by atoms with E-state index in [4.69, 9.17) is 22.1 Å². The summed E-state index contributed by atoms with van der Waals surface area (Å²) >= 11 is 5.57. The van der Waals surface area contributed by atoms with Crippen LogP contribution in [0, 0.1) is 11.8 Å². The third-order valence-electron chi connectivity index (χ3n) is 3.22. The van der Waals surface area contributed by atoms with Crippen molar-refractivity contribution in [3.63, 3.8) is 0 Å². The molecular formula is C12H22ClNO. The van der Waals surface area contributed by atoms with Gasteiger partial charge in [0.25, 0.3) is 0 Å². The molecule has 15 heavy (non-hydrogen) atoms. The minimum Gasteiger partial charge on any atom is -0.377 e. The van der Waals surface area contributed by atoms with Gasteiger partial charge in [-0.05, 0) is 43.7 Å². The first-order chi connectivity index (χ1) is 7.27. The van der Waals surface area contributed by atoms with Crippen LogP contribution in [0.3, 0.4) is 0 Å². The molecule has 88 valence electrons. The van der Waals surface area contributed by atoms with Gasteiger partial charge in [-0.25, -0.2) is 0 Å². The maximum Gasteiger partial charge on any atom is 0.0685 e. The number of hydrogen-bond acceptors (Lipinski definition) is 2. The molecule has 1 aliphatic carbocycles. The Kier molecular flexibility index (Phi) is 6.30. The Hall–Kier alpha value is -0.0500. The quantitative estimate of drug-likeness (QED) is 0.790. The monoisotopic (exact) mass is 231 g/mol. The Labute approximate surface area is 97.8 Å². The Morgan fingerprint density at radius 2 is 2.07 bits per heavy atom. The zero-order valence-corrected chi connectivity index (χ0v) is 10.3. The molecule has 1 saturated carbocycles. The molecule has 0 aromatic heterocycles. The molecule has 0 bridgehead atoms. The minimum absolute atomic E-state index is 0.650. The summed E-state index contributed by atoms with van der Waals surface area (Å²) in [6, 6.07) is 0. The van der Waals surface area contributed by atoms with Crippen LogP contribution >= 0.6 is 11.6 Å². The van der Waals surface area contributed by atoms with Crippen molar-refractivity contribution in [2.24, 2.45) is 17.6 Å². The molecule has 3 heteroatoms. The lowest BCUT2D eigenvalue weighted by atomic mass is 9.80. The van der Waals surface area contributed by atoms with Gasteiger partial charge < -0.3 is 10.5 Å². The van der Waals surface area contributed by atoms with Crippen LogP contribution in [-0.4, -0.2) is 19.8 Å². The normalized spacial score (nSPS) is 28.1. The lowest BCUT2D eigenvalue weighted by Crippen LogP contribution is -2.30. The predicted molar refractivity (Wildman–Crippen MR) is 64.9 cm³/mol. The molecule has 2 atom stereocenters. The summed E-state index contributed by atoms with van der Waals surface area (Å²) in [4.78, 5) is 0. The summed E-state index contributed by atoms with van der Waals surface area (Å²) < 4.78 is 5.65. The van der Waals surface area contributed by atoms with E-state index < -0.39 is 0 Å². The van der Waals surface area contributed by atoms with E-state index >= 15 is 0 Å². The minimum atomic E-state index is 0.650. The number of nitrogens with two attached hydrogens (primary N) is 1. The van der Waals surface area contributed by atoms with Crippen molar-refractivity contribution in [3.05, 3.63) is 11.1 Å². The number of halogens is 1. The molecule has 2 unspecified atom stereocenters. The highest BCUT2D eigenvalue weighted by Gasteiger charge is 2.23. The molecule has 1 fully saturated rings. The smallest absolute Gasteiger partial charge is 0.0685 e. The second-order valence-corrected chi connectivity index (χ2v) is 4.73. The van der Waals surface area contributed by atoms with Crippen LogP contribution in [0.2, 0.25) is 0 Å². The molecule has 0 radical (unpaired) electrons. The highest BCUT2D eigenvalue weighted by Crippen LogP contribution is 2.29. The lowest BCUT2D eigenvalue weighted by Gasteiger charge is -2.30. The summed E-state index contributed by atoms with van der Waals surface area (Å²) in [5.74, 6) is 1.32. The average Bonchev–Trinajstić information content (AvgIpc) is 2.29. The molecule has 2 nitrogen and oxygen atoms in total. The van der Waals surface area contributed by atoms with Gasteiger partial charge in [0.2, 0.25) is 0 Å². The summed E-state index contributed by atoms with van der Waals surface area (Å²) in [7, 11) is 0. The molecule has 1 rings (SSSR count). The first kappa shape index (κ1) is 13.0. The molecule has 0 aromatic carbocycles. The van der Waals surface area contributed by atoms with Crippen LogP contribution in [0.25, 0.3) is 0 Å².